The van der Waals surface area contributed by atoms with Crippen molar-refractivity contribution in [1.29, 1.82) is 0 Å². The third-order valence-electron chi connectivity index (χ3n) is 2.53. The van der Waals surface area contributed by atoms with Crippen LogP contribution in [0.15, 0.2) is 27.6 Å². The molecule has 0 fully saturated rings. The molecule has 1 amide bonds. The predicted octanol–water partition coefficient (Wildman–Crippen LogP) is 3.40. The molecule has 0 saturated carbocycles. The number of carbonyl (C=O) groups is 2. The van der Waals surface area contributed by atoms with Gasteiger partial charge in [-0.1, -0.05) is 13.8 Å². The minimum atomic E-state index is -0.990. The van der Waals surface area contributed by atoms with Gasteiger partial charge in [0.25, 0.3) is 0 Å². The fourth-order valence-corrected chi connectivity index (χ4v) is 2.80. The van der Waals surface area contributed by atoms with Gasteiger partial charge in [0.05, 0.1) is 10.8 Å². The van der Waals surface area contributed by atoms with E-state index < -0.39 is 5.97 Å². The summed E-state index contributed by atoms with van der Waals surface area (Å²) in [6.45, 7) is 6.52. The second-order valence-electron chi connectivity index (χ2n) is 4.85. The number of amides is 1. The average Bonchev–Trinajstić information content (AvgIpc) is 2.37. The van der Waals surface area contributed by atoms with Crippen LogP contribution in [-0.2, 0) is 4.79 Å². The second kappa shape index (κ2) is 7.69. The van der Waals surface area contributed by atoms with E-state index in [1.807, 2.05) is 20.8 Å². The summed E-state index contributed by atoms with van der Waals surface area (Å²) in [6.07, 6.45) is 0. The van der Waals surface area contributed by atoms with Crippen molar-refractivity contribution in [2.75, 3.05) is 6.54 Å². The lowest BCUT2D eigenvalue weighted by molar-refractivity contribution is -0.120. The van der Waals surface area contributed by atoms with E-state index in [0.717, 1.165) is 4.90 Å². The Bertz CT molecular complexity index is 505. The molecule has 0 aliphatic carbocycles. The van der Waals surface area contributed by atoms with Gasteiger partial charge in [-0.3, -0.25) is 4.79 Å². The zero-order valence-electron chi connectivity index (χ0n) is 11.6. The maximum atomic E-state index is 11.9. The lowest BCUT2D eigenvalue weighted by Gasteiger charge is -2.13. The molecule has 1 aromatic carbocycles. The summed E-state index contributed by atoms with van der Waals surface area (Å²) in [5.41, 5.74) is 0.199. The van der Waals surface area contributed by atoms with E-state index in [1.54, 1.807) is 18.2 Å². The molecule has 110 valence electrons. The van der Waals surface area contributed by atoms with Crippen molar-refractivity contribution >= 4 is 39.6 Å². The van der Waals surface area contributed by atoms with Crippen LogP contribution in [0.4, 0.5) is 0 Å². The van der Waals surface area contributed by atoms with Crippen LogP contribution in [-0.4, -0.2) is 28.8 Å². The molecule has 0 heterocycles. The second-order valence-corrected chi connectivity index (χ2v) is 7.11. The topological polar surface area (TPSA) is 66.4 Å². The lowest BCUT2D eigenvalue weighted by Crippen LogP contribution is -2.33. The molecule has 1 atom stereocenters. The highest BCUT2D eigenvalue weighted by molar-refractivity contribution is 9.10. The monoisotopic (exact) mass is 359 g/mol. The van der Waals surface area contributed by atoms with Crippen molar-refractivity contribution in [3.05, 3.63) is 28.2 Å². The Morgan fingerprint density at radius 3 is 2.55 bits per heavy atom. The maximum absolute atomic E-state index is 11.9. The van der Waals surface area contributed by atoms with Gasteiger partial charge in [-0.2, -0.15) is 0 Å². The van der Waals surface area contributed by atoms with Crippen LogP contribution in [0.3, 0.4) is 0 Å². The summed E-state index contributed by atoms with van der Waals surface area (Å²) in [4.78, 5) is 23.7. The molecule has 0 spiro atoms. The van der Waals surface area contributed by atoms with Gasteiger partial charge in [0.15, 0.2) is 0 Å². The van der Waals surface area contributed by atoms with E-state index in [-0.39, 0.29) is 16.7 Å². The number of nitrogens with one attached hydrogen (secondary N) is 1. The van der Waals surface area contributed by atoms with Crippen molar-refractivity contribution in [1.82, 2.24) is 5.32 Å². The van der Waals surface area contributed by atoms with Gasteiger partial charge in [-0.25, -0.2) is 4.79 Å². The molecule has 4 nitrogen and oxygen atoms in total. The minimum absolute atomic E-state index is 0.0384. The molecule has 0 aliphatic rings. The third-order valence-corrected chi connectivity index (χ3v) is 4.32. The van der Waals surface area contributed by atoms with E-state index >= 15 is 0 Å². The van der Waals surface area contributed by atoms with E-state index in [4.69, 9.17) is 5.11 Å². The molecule has 1 aromatic rings. The van der Waals surface area contributed by atoms with E-state index in [1.165, 1.54) is 11.8 Å². The highest BCUT2D eigenvalue weighted by Crippen LogP contribution is 2.28. The van der Waals surface area contributed by atoms with E-state index in [9.17, 15) is 9.59 Å². The Labute approximate surface area is 131 Å². The SMILES string of the molecule is CC(C)CNC(=O)C(C)Sc1ccc(Br)c(C(=O)O)c1. The molecule has 0 aliphatic heterocycles. The molecule has 0 bridgehead atoms. The summed E-state index contributed by atoms with van der Waals surface area (Å²) in [5.74, 6) is -0.623. The molecular formula is C14H18BrNO3S. The molecular weight excluding hydrogens is 342 g/mol. The summed E-state index contributed by atoms with van der Waals surface area (Å²) in [7, 11) is 0. The zero-order chi connectivity index (χ0) is 15.3. The number of carboxylic acid groups (broad SMARTS) is 1. The smallest absolute Gasteiger partial charge is 0.336 e. The Morgan fingerprint density at radius 2 is 2.00 bits per heavy atom. The van der Waals surface area contributed by atoms with Crippen molar-refractivity contribution < 1.29 is 14.7 Å². The number of carboxylic acids is 1. The van der Waals surface area contributed by atoms with Crippen LogP contribution in [0.2, 0.25) is 0 Å². The standard InChI is InChI=1S/C14H18BrNO3S/c1-8(2)7-16-13(17)9(3)20-10-4-5-12(15)11(6-10)14(18)19/h4-6,8-9H,7H2,1-3H3,(H,16,17)(H,18,19). The van der Waals surface area contributed by atoms with Crippen LogP contribution >= 0.6 is 27.7 Å². The van der Waals surface area contributed by atoms with Crippen LogP contribution in [0.1, 0.15) is 31.1 Å². The molecule has 2 N–H and O–H groups in total. The van der Waals surface area contributed by atoms with Gasteiger partial charge >= 0.3 is 5.97 Å². The quantitative estimate of drug-likeness (QED) is 0.763. The highest BCUT2D eigenvalue weighted by atomic mass is 79.9. The van der Waals surface area contributed by atoms with Crippen molar-refractivity contribution in [2.24, 2.45) is 5.92 Å². The van der Waals surface area contributed by atoms with Gasteiger partial charge in [-0.15, -0.1) is 11.8 Å². The number of benzene rings is 1. The summed E-state index contributed by atoms with van der Waals surface area (Å²) < 4.78 is 0.534. The number of halogens is 1. The predicted molar refractivity (Wildman–Crippen MR) is 84.3 cm³/mol. The molecule has 0 radical (unpaired) electrons. The zero-order valence-corrected chi connectivity index (χ0v) is 14.0. The van der Waals surface area contributed by atoms with Crippen LogP contribution < -0.4 is 5.32 Å². The lowest BCUT2D eigenvalue weighted by atomic mass is 10.2. The van der Waals surface area contributed by atoms with Gasteiger partial charge in [0, 0.05) is 15.9 Å². The summed E-state index contributed by atoms with van der Waals surface area (Å²) in [6, 6.07) is 5.06. The van der Waals surface area contributed by atoms with Gasteiger partial charge in [0.1, 0.15) is 0 Å². The number of carbonyl (C=O) groups excluding carboxylic acids is 1. The van der Waals surface area contributed by atoms with Crippen molar-refractivity contribution in [2.45, 2.75) is 30.9 Å². The number of aromatic carboxylic acids is 1. The molecule has 1 unspecified atom stereocenters. The Kier molecular flexibility index (Phi) is 6.55. The number of hydrogen-bond donors (Lipinski definition) is 2. The normalized spacial score (nSPS) is 12.2. The van der Waals surface area contributed by atoms with Gasteiger partial charge < -0.3 is 10.4 Å². The average molecular weight is 360 g/mol. The number of hydrogen-bond acceptors (Lipinski definition) is 3. The highest BCUT2D eigenvalue weighted by Gasteiger charge is 2.16. The number of rotatable bonds is 6. The number of thioether (sulfide) groups is 1. The summed E-state index contributed by atoms with van der Waals surface area (Å²) >= 11 is 4.55. The maximum Gasteiger partial charge on any atom is 0.336 e. The third kappa shape index (κ3) is 5.17. The van der Waals surface area contributed by atoms with Gasteiger partial charge in [0.2, 0.25) is 5.91 Å². The first kappa shape index (κ1) is 17.0. The van der Waals surface area contributed by atoms with Crippen LogP contribution in [0, 0.1) is 5.92 Å². The van der Waals surface area contributed by atoms with Crippen molar-refractivity contribution in [3.63, 3.8) is 0 Å². The van der Waals surface area contributed by atoms with Crippen molar-refractivity contribution in [3.8, 4) is 0 Å². The van der Waals surface area contributed by atoms with E-state index in [2.05, 4.69) is 21.2 Å². The van der Waals surface area contributed by atoms with Crippen LogP contribution in [0.25, 0.3) is 0 Å². The fourth-order valence-electron chi connectivity index (χ4n) is 1.45. The first-order valence-electron chi connectivity index (χ1n) is 6.28. The molecule has 0 saturated heterocycles. The van der Waals surface area contributed by atoms with Crippen LogP contribution in [0.5, 0.6) is 0 Å². The Balaban J connectivity index is 2.70. The minimum Gasteiger partial charge on any atom is -0.478 e. The first-order chi connectivity index (χ1) is 9.31. The molecule has 20 heavy (non-hydrogen) atoms. The van der Waals surface area contributed by atoms with E-state index in [0.29, 0.717) is 16.9 Å². The summed E-state index contributed by atoms with van der Waals surface area (Å²) in [5, 5.41) is 11.7. The Morgan fingerprint density at radius 1 is 1.35 bits per heavy atom. The largest absolute Gasteiger partial charge is 0.478 e. The fraction of sp³-hybridized carbons (Fsp3) is 0.429. The molecule has 1 rings (SSSR count). The molecule has 6 heteroatoms. The Hall–Kier alpha value is -1.01. The first-order valence-corrected chi connectivity index (χ1v) is 7.95. The molecule has 0 aromatic heterocycles. The van der Waals surface area contributed by atoms with Gasteiger partial charge in [-0.05, 0) is 47.0 Å².